The minimum absolute atomic E-state index is 0.126. The lowest BCUT2D eigenvalue weighted by atomic mass is 10.00. The molecule has 118 valence electrons. The molecule has 1 aromatic heterocycles. The first-order valence-corrected chi connectivity index (χ1v) is 7.56. The van der Waals surface area contributed by atoms with E-state index in [0.717, 1.165) is 31.3 Å². The summed E-state index contributed by atoms with van der Waals surface area (Å²) in [6, 6.07) is 3.62. The zero-order valence-corrected chi connectivity index (χ0v) is 13.0. The van der Waals surface area contributed by atoms with E-state index < -0.39 is 0 Å². The van der Waals surface area contributed by atoms with E-state index in [9.17, 15) is 4.79 Å². The molecule has 1 N–H and O–H groups in total. The lowest BCUT2D eigenvalue weighted by Gasteiger charge is -2.23. The highest BCUT2D eigenvalue weighted by Gasteiger charge is 2.18. The van der Waals surface area contributed by atoms with Gasteiger partial charge in [-0.3, -0.25) is 4.79 Å². The van der Waals surface area contributed by atoms with Gasteiger partial charge in [0.1, 0.15) is 0 Å². The van der Waals surface area contributed by atoms with Gasteiger partial charge in [-0.2, -0.15) is 5.10 Å². The number of aromatic nitrogens is 2. The first-order chi connectivity index (χ1) is 10.7. The molecule has 1 saturated heterocycles. The predicted molar refractivity (Wildman–Crippen MR) is 84.7 cm³/mol. The van der Waals surface area contributed by atoms with Gasteiger partial charge in [0.25, 0.3) is 5.56 Å². The van der Waals surface area contributed by atoms with Crippen molar-refractivity contribution < 1.29 is 9.47 Å². The predicted octanol–water partition coefficient (Wildman–Crippen LogP) is 1.41. The molecule has 6 heteroatoms. The van der Waals surface area contributed by atoms with E-state index >= 15 is 0 Å². The number of ether oxygens (including phenoxy) is 2. The number of piperidine rings is 1. The summed E-state index contributed by atoms with van der Waals surface area (Å²) in [5.74, 6) is 1.47. The largest absolute Gasteiger partial charge is 0.493 e. The molecule has 1 atom stereocenters. The topological polar surface area (TPSA) is 65.4 Å². The second-order valence-corrected chi connectivity index (χ2v) is 5.61. The number of rotatable bonds is 4. The quantitative estimate of drug-likeness (QED) is 0.925. The molecule has 0 radical (unpaired) electrons. The minimum atomic E-state index is -0.126. The van der Waals surface area contributed by atoms with Crippen LogP contribution in [0.2, 0.25) is 0 Å². The molecule has 1 fully saturated rings. The van der Waals surface area contributed by atoms with Crippen LogP contribution in [0.25, 0.3) is 10.8 Å². The molecule has 0 aliphatic carbocycles. The van der Waals surface area contributed by atoms with Crippen LogP contribution in [-0.2, 0) is 6.54 Å². The van der Waals surface area contributed by atoms with E-state index in [4.69, 9.17) is 9.47 Å². The van der Waals surface area contributed by atoms with Crippen molar-refractivity contribution >= 4 is 10.8 Å². The molecule has 1 aliphatic heterocycles. The molecular weight excluding hydrogens is 282 g/mol. The van der Waals surface area contributed by atoms with E-state index in [0.29, 0.717) is 29.3 Å². The minimum Gasteiger partial charge on any atom is -0.493 e. The highest BCUT2D eigenvalue weighted by molar-refractivity contribution is 5.89. The fourth-order valence-electron chi connectivity index (χ4n) is 3.04. The third-order valence-electron chi connectivity index (χ3n) is 4.19. The van der Waals surface area contributed by atoms with E-state index in [1.165, 1.54) is 0 Å². The summed E-state index contributed by atoms with van der Waals surface area (Å²) in [7, 11) is 3.11. The summed E-state index contributed by atoms with van der Waals surface area (Å²) in [6.07, 6.45) is 3.98. The second kappa shape index (κ2) is 6.36. The van der Waals surface area contributed by atoms with Crippen LogP contribution in [-0.4, -0.2) is 37.1 Å². The van der Waals surface area contributed by atoms with E-state index in [1.54, 1.807) is 31.2 Å². The Morgan fingerprint density at radius 1 is 1.36 bits per heavy atom. The third-order valence-corrected chi connectivity index (χ3v) is 4.19. The molecule has 6 nitrogen and oxygen atoms in total. The fraction of sp³-hybridized carbons (Fsp3) is 0.500. The summed E-state index contributed by atoms with van der Waals surface area (Å²) in [5.41, 5.74) is -0.126. The van der Waals surface area contributed by atoms with Crippen LogP contribution in [0.15, 0.2) is 23.1 Å². The fourth-order valence-corrected chi connectivity index (χ4v) is 3.04. The molecule has 3 rings (SSSR count). The Balaban J connectivity index is 2.05. The number of benzene rings is 1. The van der Waals surface area contributed by atoms with Crippen LogP contribution in [0, 0.1) is 5.92 Å². The zero-order valence-electron chi connectivity index (χ0n) is 13.0. The second-order valence-electron chi connectivity index (χ2n) is 5.61. The van der Waals surface area contributed by atoms with Gasteiger partial charge in [0.15, 0.2) is 11.5 Å². The molecule has 2 heterocycles. The van der Waals surface area contributed by atoms with Crippen molar-refractivity contribution in [2.24, 2.45) is 5.92 Å². The average Bonchev–Trinajstić information content (AvgIpc) is 2.57. The Morgan fingerprint density at radius 2 is 2.23 bits per heavy atom. The standard InChI is InChI=1S/C16H21N3O3/c1-21-13-6-5-12-9-18-19(10-11-4-3-7-17-8-11)16(20)14(12)15(13)22-2/h5-6,9,11,17H,3-4,7-8,10H2,1-2H3/t11-/m0/s1. The summed E-state index contributed by atoms with van der Waals surface area (Å²) in [5, 5.41) is 8.97. The number of nitrogens with zero attached hydrogens (tertiary/aromatic N) is 2. The van der Waals surface area contributed by atoms with Gasteiger partial charge in [0.05, 0.1) is 25.8 Å². The Kier molecular flexibility index (Phi) is 4.29. The number of methoxy groups -OCH3 is 2. The molecule has 1 aromatic carbocycles. The van der Waals surface area contributed by atoms with E-state index in [-0.39, 0.29) is 5.56 Å². The normalized spacial score (nSPS) is 18.4. The Morgan fingerprint density at radius 3 is 2.91 bits per heavy atom. The van der Waals surface area contributed by atoms with Crippen molar-refractivity contribution in [2.45, 2.75) is 19.4 Å². The van der Waals surface area contributed by atoms with Gasteiger partial charge >= 0.3 is 0 Å². The van der Waals surface area contributed by atoms with Crippen LogP contribution in [0.1, 0.15) is 12.8 Å². The maximum Gasteiger partial charge on any atom is 0.278 e. The number of hydrogen-bond acceptors (Lipinski definition) is 5. The summed E-state index contributed by atoms with van der Waals surface area (Å²) in [4.78, 5) is 12.8. The first-order valence-electron chi connectivity index (χ1n) is 7.56. The summed E-state index contributed by atoms with van der Waals surface area (Å²) < 4.78 is 12.2. The highest BCUT2D eigenvalue weighted by Crippen LogP contribution is 2.32. The molecule has 0 unspecified atom stereocenters. The van der Waals surface area contributed by atoms with Crippen LogP contribution in [0.4, 0.5) is 0 Å². The smallest absolute Gasteiger partial charge is 0.278 e. The zero-order chi connectivity index (χ0) is 15.5. The van der Waals surface area contributed by atoms with Crippen molar-refractivity contribution in [3.63, 3.8) is 0 Å². The third kappa shape index (κ3) is 2.66. The van der Waals surface area contributed by atoms with Gasteiger partial charge in [-0.15, -0.1) is 0 Å². The lowest BCUT2D eigenvalue weighted by Crippen LogP contribution is -2.35. The molecule has 0 spiro atoms. The first kappa shape index (κ1) is 14.8. The molecule has 0 saturated carbocycles. The van der Waals surface area contributed by atoms with Crippen LogP contribution < -0.4 is 20.3 Å². The molecular formula is C16H21N3O3. The van der Waals surface area contributed by atoms with Crippen molar-refractivity contribution in [3.8, 4) is 11.5 Å². The van der Waals surface area contributed by atoms with Crippen molar-refractivity contribution in [3.05, 3.63) is 28.7 Å². The van der Waals surface area contributed by atoms with Crippen molar-refractivity contribution in [1.82, 2.24) is 15.1 Å². The van der Waals surface area contributed by atoms with Gasteiger partial charge in [0.2, 0.25) is 0 Å². The summed E-state index contributed by atoms with van der Waals surface area (Å²) in [6.45, 7) is 2.62. The van der Waals surface area contributed by atoms with Gasteiger partial charge in [-0.05, 0) is 44.0 Å². The summed E-state index contributed by atoms with van der Waals surface area (Å²) >= 11 is 0. The monoisotopic (exact) mass is 303 g/mol. The van der Waals surface area contributed by atoms with E-state index in [1.807, 2.05) is 6.07 Å². The molecule has 0 amide bonds. The maximum atomic E-state index is 12.8. The number of hydrogen-bond donors (Lipinski definition) is 1. The van der Waals surface area contributed by atoms with Crippen LogP contribution >= 0.6 is 0 Å². The number of fused-ring (bicyclic) bond motifs is 1. The average molecular weight is 303 g/mol. The van der Waals surface area contributed by atoms with Crippen LogP contribution in [0.3, 0.4) is 0 Å². The van der Waals surface area contributed by atoms with Crippen molar-refractivity contribution in [1.29, 1.82) is 0 Å². The Labute approximate surface area is 129 Å². The Hall–Kier alpha value is -2.08. The van der Waals surface area contributed by atoms with Gasteiger partial charge < -0.3 is 14.8 Å². The molecule has 2 aromatic rings. The van der Waals surface area contributed by atoms with Gasteiger partial charge in [-0.1, -0.05) is 0 Å². The molecule has 1 aliphatic rings. The van der Waals surface area contributed by atoms with Gasteiger partial charge in [-0.25, -0.2) is 4.68 Å². The lowest BCUT2D eigenvalue weighted by molar-refractivity contribution is 0.319. The molecule has 22 heavy (non-hydrogen) atoms. The van der Waals surface area contributed by atoms with E-state index in [2.05, 4.69) is 10.4 Å². The highest BCUT2D eigenvalue weighted by atomic mass is 16.5. The maximum absolute atomic E-state index is 12.8. The Bertz CT molecular complexity index is 720. The van der Waals surface area contributed by atoms with Gasteiger partial charge in [0, 0.05) is 11.9 Å². The SMILES string of the molecule is COc1ccc2cnn(C[C@H]3CCCNC3)c(=O)c2c1OC. The number of nitrogens with one attached hydrogen (secondary N) is 1. The van der Waals surface area contributed by atoms with Crippen molar-refractivity contribution in [2.75, 3.05) is 27.3 Å². The molecule has 0 bridgehead atoms. The van der Waals surface area contributed by atoms with Crippen LogP contribution in [0.5, 0.6) is 11.5 Å².